The molecule has 0 aliphatic rings. The molecule has 0 fully saturated rings. The number of amides is 1. The van der Waals surface area contributed by atoms with Gasteiger partial charge >= 0.3 is 53.8 Å². The van der Waals surface area contributed by atoms with E-state index >= 15 is 0 Å². The third kappa shape index (κ3) is 7.37. The maximum absolute atomic E-state index is 13.9. The second-order valence-electron chi connectivity index (χ2n) is 8.83. The Morgan fingerprint density at radius 3 is 1.59 bits per heavy atom. The summed E-state index contributed by atoms with van der Waals surface area (Å²) in [7, 11) is 0. The van der Waals surface area contributed by atoms with Gasteiger partial charge < -0.3 is 9.47 Å². The Balaban J connectivity index is 3.16. The van der Waals surface area contributed by atoms with Gasteiger partial charge in [-0.05, 0) is 30.7 Å². The zero-order chi connectivity index (χ0) is 34.6. The first-order valence-electron chi connectivity index (χ1n) is 11.8. The Bertz CT molecular complexity index is 1150. The number of carbonyl (C=O) groups is 1. The number of benzene rings is 1. The summed E-state index contributed by atoms with van der Waals surface area (Å²) in [6.45, 7) is 1.97. The Labute approximate surface area is 236 Å². The second kappa shape index (κ2) is 13.5. The van der Waals surface area contributed by atoms with E-state index in [0.717, 1.165) is 37.8 Å². The largest absolute Gasteiger partial charge is 0.460 e. The van der Waals surface area contributed by atoms with Crippen LogP contribution in [0.2, 0.25) is 0 Å². The van der Waals surface area contributed by atoms with Gasteiger partial charge in [-0.2, -0.15) is 74.6 Å². The maximum Gasteiger partial charge on any atom is 0.460 e. The summed E-state index contributed by atoms with van der Waals surface area (Å²) >= 11 is 0. The molecule has 0 radical (unpaired) electrons. The normalized spacial score (nSPS) is 14.7. The molecule has 0 atom stereocenters. The Morgan fingerprint density at radius 2 is 1.11 bits per heavy atom. The minimum atomic E-state index is -8.66. The van der Waals surface area contributed by atoms with Crippen LogP contribution in [0.15, 0.2) is 36.1 Å². The molecular formula is C23H20F17NO3. The summed E-state index contributed by atoms with van der Waals surface area (Å²) < 4.78 is 234. The lowest BCUT2D eigenvalue weighted by atomic mass is 9.91. The number of halogens is 17. The second-order valence-corrected chi connectivity index (χ2v) is 8.83. The maximum atomic E-state index is 13.9. The molecule has 254 valence electrons. The topological polar surface area (TPSA) is 47.6 Å². The smallest absolute Gasteiger partial charge is 0.449 e. The van der Waals surface area contributed by atoms with Gasteiger partial charge in [-0.25, -0.2) is 4.79 Å². The number of hydrogen-bond donors (Lipinski definition) is 1. The summed E-state index contributed by atoms with van der Waals surface area (Å²) in [5.74, 6) is -55.5. The van der Waals surface area contributed by atoms with Crippen LogP contribution in [0.4, 0.5) is 85.1 Å². The molecule has 1 rings (SSSR count). The minimum Gasteiger partial charge on any atom is -0.449 e. The molecule has 0 saturated heterocycles. The van der Waals surface area contributed by atoms with Crippen LogP contribution in [-0.4, -0.2) is 54.4 Å². The van der Waals surface area contributed by atoms with Crippen molar-refractivity contribution in [3.05, 3.63) is 36.1 Å². The molecule has 0 aliphatic heterocycles. The Hall–Kier alpha value is -3.16. The summed E-state index contributed by atoms with van der Waals surface area (Å²) in [5, 5.41) is 2.10. The number of nitrogens with one attached hydrogen (secondary N) is 1. The molecule has 1 N–H and O–H groups in total. The van der Waals surface area contributed by atoms with Gasteiger partial charge in [0.1, 0.15) is 5.75 Å². The SMILES string of the molecule is CCCCCCCOC(=O)Nc1ccc(OC(F)=C(F)C(F)(F)C(F)(F)C(F)(F)C(F)(F)C(F)(F)C(F)(F)C(F)(F)F)cc1. The van der Waals surface area contributed by atoms with E-state index in [1.807, 2.05) is 6.92 Å². The zero-order valence-electron chi connectivity index (χ0n) is 21.7. The molecule has 0 aliphatic carbocycles. The molecule has 44 heavy (non-hydrogen) atoms. The van der Waals surface area contributed by atoms with Gasteiger partial charge in [0.05, 0.1) is 6.61 Å². The Kier molecular flexibility index (Phi) is 11.9. The van der Waals surface area contributed by atoms with E-state index in [9.17, 15) is 79.4 Å². The van der Waals surface area contributed by atoms with Gasteiger partial charge in [-0.15, -0.1) is 0 Å². The van der Waals surface area contributed by atoms with Gasteiger partial charge in [-0.3, -0.25) is 5.32 Å². The monoisotopic (exact) mass is 681 g/mol. The molecule has 0 aromatic heterocycles. The number of anilines is 1. The fraction of sp³-hybridized carbons (Fsp3) is 0.609. The van der Waals surface area contributed by atoms with Gasteiger partial charge in [0.25, 0.3) is 0 Å². The summed E-state index contributed by atoms with van der Waals surface area (Å²) in [6, 6.07) is -1.02. The lowest BCUT2D eigenvalue weighted by Gasteiger charge is -2.41. The van der Waals surface area contributed by atoms with E-state index in [4.69, 9.17) is 4.74 Å². The quantitative estimate of drug-likeness (QED) is 0.114. The molecule has 0 heterocycles. The first-order chi connectivity index (χ1) is 19.7. The number of alkyl halides is 15. The van der Waals surface area contributed by atoms with Gasteiger partial charge in [0, 0.05) is 5.69 Å². The minimum absolute atomic E-state index is 0.00174. The summed E-state index contributed by atoms with van der Waals surface area (Å²) in [5.41, 5.74) is -0.187. The van der Waals surface area contributed by atoms with Crippen LogP contribution in [0, 0.1) is 0 Å². The molecule has 1 aromatic rings. The lowest BCUT2D eigenvalue weighted by molar-refractivity contribution is -0.451. The van der Waals surface area contributed by atoms with Crippen LogP contribution < -0.4 is 10.1 Å². The zero-order valence-corrected chi connectivity index (χ0v) is 21.7. The van der Waals surface area contributed by atoms with Crippen molar-refractivity contribution < 1.29 is 88.9 Å². The number of allylic oxidation sites excluding steroid dienone is 1. The van der Waals surface area contributed by atoms with Crippen molar-refractivity contribution in [1.29, 1.82) is 0 Å². The van der Waals surface area contributed by atoms with Crippen molar-refractivity contribution >= 4 is 11.8 Å². The van der Waals surface area contributed by atoms with Crippen molar-refractivity contribution in [1.82, 2.24) is 0 Å². The van der Waals surface area contributed by atoms with Crippen LogP contribution in [0.5, 0.6) is 5.75 Å². The fourth-order valence-corrected chi connectivity index (χ4v) is 3.01. The van der Waals surface area contributed by atoms with E-state index in [0.29, 0.717) is 18.6 Å². The van der Waals surface area contributed by atoms with Crippen molar-refractivity contribution in [2.45, 2.75) is 80.7 Å². The van der Waals surface area contributed by atoms with Gasteiger partial charge in [0.2, 0.25) is 5.83 Å². The van der Waals surface area contributed by atoms with E-state index in [2.05, 4.69) is 10.1 Å². The number of ether oxygens (including phenoxy) is 2. The third-order valence-electron chi connectivity index (χ3n) is 5.57. The average Bonchev–Trinajstić information content (AvgIpc) is 2.90. The molecular weight excluding hydrogens is 661 g/mol. The highest BCUT2D eigenvalue weighted by molar-refractivity contribution is 5.84. The first kappa shape index (κ1) is 38.9. The van der Waals surface area contributed by atoms with Crippen LogP contribution in [-0.2, 0) is 4.74 Å². The first-order valence-corrected chi connectivity index (χ1v) is 11.8. The lowest BCUT2D eigenvalue weighted by Crippen LogP contribution is -2.72. The van der Waals surface area contributed by atoms with E-state index in [1.54, 1.807) is 0 Å². The van der Waals surface area contributed by atoms with E-state index in [1.165, 1.54) is 0 Å². The van der Waals surface area contributed by atoms with Crippen molar-refractivity contribution in [2.24, 2.45) is 0 Å². The third-order valence-corrected chi connectivity index (χ3v) is 5.57. The molecule has 21 heteroatoms. The fourth-order valence-electron chi connectivity index (χ4n) is 3.01. The molecule has 0 unspecified atom stereocenters. The van der Waals surface area contributed by atoms with Crippen molar-refractivity contribution in [3.63, 3.8) is 0 Å². The highest BCUT2D eigenvalue weighted by Crippen LogP contribution is 2.63. The highest BCUT2D eigenvalue weighted by Gasteiger charge is 2.93. The predicted molar refractivity (Wildman–Crippen MR) is 116 cm³/mol. The molecule has 0 saturated carbocycles. The van der Waals surface area contributed by atoms with Crippen LogP contribution in [0.1, 0.15) is 39.0 Å². The highest BCUT2D eigenvalue weighted by atomic mass is 19.4. The van der Waals surface area contributed by atoms with Crippen molar-refractivity contribution in [3.8, 4) is 5.75 Å². The number of hydrogen-bond acceptors (Lipinski definition) is 3. The summed E-state index contributed by atoms with van der Waals surface area (Å²) in [6.07, 6.45) is -4.79. The van der Waals surface area contributed by atoms with Crippen LogP contribution in [0.25, 0.3) is 0 Å². The number of unbranched alkanes of at least 4 members (excludes halogenated alkanes) is 4. The van der Waals surface area contributed by atoms with Gasteiger partial charge in [-0.1, -0.05) is 32.6 Å². The van der Waals surface area contributed by atoms with Crippen LogP contribution >= 0.6 is 0 Å². The molecule has 4 nitrogen and oxygen atoms in total. The Morgan fingerprint density at radius 1 is 0.659 bits per heavy atom. The molecule has 1 amide bonds. The number of carbonyl (C=O) groups excluding carboxylic acids is 1. The van der Waals surface area contributed by atoms with Crippen molar-refractivity contribution in [2.75, 3.05) is 11.9 Å². The van der Waals surface area contributed by atoms with E-state index < -0.39 is 65.4 Å². The predicted octanol–water partition coefficient (Wildman–Crippen LogP) is 10.1. The number of rotatable bonds is 15. The summed E-state index contributed by atoms with van der Waals surface area (Å²) in [4.78, 5) is 11.7. The van der Waals surface area contributed by atoms with Gasteiger partial charge in [0.15, 0.2) is 0 Å². The van der Waals surface area contributed by atoms with Crippen LogP contribution in [0.3, 0.4) is 0 Å². The average molecular weight is 681 g/mol. The molecule has 0 spiro atoms. The molecule has 1 aromatic carbocycles. The molecule has 0 bridgehead atoms. The standard InChI is InChI=1S/C23H20F17NO3/c1-2-3-4-5-6-11-43-16(42)41-12-7-9-13(10-8-12)44-15(25)14(24)17(26,27)18(28,29)19(30,31)20(32,33)21(34,35)22(36,37)23(38,39)40/h7-10H,2-6,11H2,1H3,(H,41,42). The van der Waals surface area contributed by atoms with E-state index in [-0.39, 0.29) is 12.3 Å².